The summed E-state index contributed by atoms with van der Waals surface area (Å²) in [6.45, 7) is 6.21. The lowest BCUT2D eigenvalue weighted by Crippen LogP contribution is -2.12. The minimum absolute atomic E-state index is 0.122. The lowest BCUT2D eigenvalue weighted by molar-refractivity contribution is 0.557. The van der Waals surface area contributed by atoms with Crippen molar-refractivity contribution >= 4 is 22.9 Å². The van der Waals surface area contributed by atoms with E-state index in [1.54, 1.807) is 4.63 Å². The number of nitrogens with one attached hydrogen (secondary N) is 1. The van der Waals surface area contributed by atoms with Crippen LogP contribution in [0.4, 0.5) is 5.69 Å². The van der Waals surface area contributed by atoms with Crippen molar-refractivity contribution in [3.05, 3.63) is 35.0 Å². The molecular formula is C14H16ClN5. The van der Waals surface area contributed by atoms with Crippen molar-refractivity contribution in [3.8, 4) is 11.4 Å². The van der Waals surface area contributed by atoms with Gasteiger partial charge in [0.05, 0.1) is 5.69 Å². The van der Waals surface area contributed by atoms with Crippen LogP contribution in [0.3, 0.4) is 0 Å². The molecule has 5 nitrogen and oxygen atoms in total. The fraction of sp³-hybridized carbons (Fsp3) is 0.286. The van der Waals surface area contributed by atoms with Crippen LogP contribution in [0.25, 0.3) is 17.0 Å². The summed E-state index contributed by atoms with van der Waals surface area (Å²) >= 11 is 6.39. The summed E-state index contributed by atoms with van der Waals surface area (Å²) in [5.41, 5.74) is 8.80. The number of hydrogen-bond donors (Lipinski definition) is 2. The minimum Gasteiger partial charge on any atom is -0.399 e. The van der Waals surface area contributed by atoms with Crippen molar-refractivity contribution in [1.82, 2.24) is 19.8 Å². The van der Waals surface area contributed by atoms with Crippen molar-refractivity contribution in [2.75, 3.05) is 5.73 Å². The molecule has 104 valence electrons. The molecule has 3 N–H and O–H groups in total. The third kappa shape index (κ3) is 2.04. The Kier molecular flexibility index (Phi) is 2.76. The van der Waals surface area contributed by atoms with E-state index in [1.807, 2.05) is 24.3 Å². The Hall–Kier alpha value is -2.01. The monoisotopic (exact) mass is 289 g/mol. The first-order chi connectivity index (χ1) is 9.36. The van der Waals surface area contributed by atoms with Crippen molar-refractivity contribution in [2.45, 2.75) is 26.2 Å². The van der Waals surface area contributed by atoms with Crippen LogP contribution in [0.5, 0.6) is 0 Å². The van der Waals surface area contributed by atoms with Gasteiger partial charge >= 0.3 is 0 Å². The maximum absolute atomic E-state index is 6.39. The van der Waals surface area contributed by atoms with Gasteiger partial charge < -0.3 is 10.7 Å². The summed E-state index contributed by atoms with van der Waals surface area (Å²) in [6, 6.07) is 7.52. The molecule has 0 aliphatic heterocycles. The number of aromatic nitrogens is 4. The van der Waals surface area contributed by atoms with Crippen molar-refractivity contribution in [3.63, 3.8) is 0 Å². The number of H-pyrrole nitrogens is 1. The summed E-state index contributed by atoms with van der Waals surface area (Å²) in [6.07, 6.45) is 0. The molecule has 0 saturated carbocycles. The quantitative estimate of drug-likeness (QED) is 0.675. The van der Waals surface area contributed by atoms with Gasteiger partial charge in [-0.05, 0) is 12.1 Å². The number of hydrogen-bond acceptors (Lipinski definition) is 3. The number of nitrogens with zero attached hydrogens (tertiary/aromatic N) is 3. The zero-order chi connectivity index (χ0) is 14.5. The number of nitrogen functional groups attached to an aromatic ring is 1. The van der Waals surface area contributed by atoms with Gasteiger partial charge in [-0.3, -0.25) is 0 Å². The van der Waals surface area contributed by atoms with E-state index in [9.17, 15) is 0 Å². The second kappa shape index (κ2) is 4.24. The summed E-state index contributed by atoms with van der Waals surface area (Å²) < 4.78 is 1.54. The Labute approximate surface area is 121 Å². The topological polar surface area (TPSA) is 72.0 Å². The van der Waals surface area contributed by atoms with E-state index in [2.05, 4.69) is 36.0 Å². The molecule has 3 rings (SSSR count). The molecule has 0 amide bonds. The molecule has 1 aromatic carbocycles. The van der Waals surface area contributed by atoms with Crippen LogP contribution in [0.1, 0.15) is 26.5 Å². The van der Waals surface area contributed by atoms with Gasteiger partial charge in [-0.1, -0.05) is 44.5 Å². The molecular weight excluding hydrogens is 274 g/mol. The van der Waals surface area contributed by atoms with Crippen LogP contribution in [-0.2, 0) is 5.41 Å². The van der Waals surface area contributed by atoms with E-state index in [0.717, 1.165) is 11.3 Å². The fourth-order valence-corrected chi connectivity index (χ4v) is 2.54. The summed E-state index contributed by atoms with van der Waals surface area (Å²) in [5, 5.41) is 9.50. The standard InChI is InChI=1S/C14H16ClN5/c1-14(2,3)11-10(15)13-17-12(19-20(13)18-11)8-5-4-6-9(16)7-8/h4-7H,16H2,1-3H3,(H,17,19). The predicted molar refractivity (Wildman–Crippen MR) is 80.9 cm³/mol. The average molecular weight is 290 g/mol. The van der Waals surface area contributed by atoms with Gasteiger partial charge in [-0.25, -0.2) is 0 Å². The first-order valence-corrected chi connectivity index (χ1v) is 6.75. The Morgan fingerprint density at radius 1 is 1.25 bits per heavy atom. The third-order valence-electron chi connectivity index (χ3n) is 3.11. The summed E-state index contributed by atoms with van der Waals surface area (Å²) in [4.78, 5) is 3.20. The zero-order valence-corrected chi connectivity index (χ0v) is 12.4. The van der Waals surface area contributed by atoms with Crippen molar-refractivity contribution in [1.29, 1.82) is 0 Å². The van der Waals surface area contributed by atoms with Crippen LogP contribution in [0.15, 0.2) is 24.3 Å². The lowest BCUT2D eigenvalue weighted by atomic mass is 9.92. The molecule has 0 spiro atoms. The molecule has 6 heteroatoms. The van der Waals surface area contributed by atoms with E-state index in [0.29, 0.717) is 22.2 Å². The summed E-state index contributed by atoms with van der Waals surface area (Å²) in [7, 11) is 0. The fourth-order valence-electron chi connectivity index (χ4n) is 2.09. The van der Waals surface area contributed by atoms with Crippen LogP contribution < -0.4 is 5.73 Å². The van der Waals surface area contributed by atoms with Crippen LogP contribution in [0, 0.1) is 0 Å². The third-order valence-corrected chi connectivity index (χ3v) is 3.47. The SMILES string of the molecule is CC(C)(C)c1nn2nc(-c3cccc(N)c3)[nH]c2c1Cl. The Morgan fingerprint density at radius 3 is 2.60 bits per heavy atom. The second-order valence-electron chi connectivity index (χ2n) is 5.85. The van der Waals surface area contributed by atoms with Gasteiger partial charge in [0.1, 0.15) is 5.02 Å². The van der Waals surface area contributed by atoms with E-state index in [1.165, 1.54) is 0 Å². The first kappa shape index (κ1) is 13.0. The first-order valence-electron chi connectivity index (χ1n) is 6.37. The largest absolute Gasteiger partial charge is 0.399 e. The van der Waals surface area contributed by atoms with E-state index in [4.69, 9.17) is 17.3 Å². The molecule has 0 aliphatic rings. The predicted octanol–water partition coefficient (Wildman–Crippen LogP) is 3.26. The Balaban J connectivity index is 2.14. The Morgan fingerprint density at radius 2 is 2.00 bits per heavy atom. The Bertz CT molecular complexity index is 779. The molecule has 0 aliphatic carbocycles. The number of benzene rings is 1. The zero-order valence-electron chi connectivity index (χ0n) is 11.6. The maximum atomic E-state index is 6.39. The highest BCUT2D eigenvalue weighted by Gasteiger charge is 2.25. The van der Waals surface area contributed by atoms with E-state index in [-0.39, 0.29) is 5.41 Å². The summed E-state index contributed by atoms with van der Waals surface area (Å²) in [5.74, 6) is 0.696. The van der Waals surface area contributed by atoms with Crippen molar-refractivity contribution in [2.24, 2.45) is 0 Å². The molecule has 0 atom stereocenters. The van der Waals surface area contributed by atoms with Crippen molar-refractivity contribution < 1.29 is 0 Å². The van der Waals surface area contributed by atoms with Crippen LogP contribution in [0.2, 0.25) is 5.02 Å². The number of anilines is 1. The van der Waals surface area contributed by atoms with Crippen LogP contribution >= 0.6 is 11.6 Å². The van der Waals surface area contributed by atoms with E-state index >= 15 is 0 Å². The second-order valence-corrected chi connectivity index (χ2v) is 6.23. The number of rotatable bonds is 1. The number of fused-ring (bicyclic) bond motifs is 1. The normalized spacial score (nSPS) is 12.2. The molecule has 0 saturated heterocycles. The van der Waals surface area contributed by atoms with Gasteiger partial charge in [-0.15, -0.1) is 9.73 Å². The smallest absolute Gasteiger partial charge is 0.175 e. The van der Waals surface area contributed by atoms with E-state index < -0.39 is 0 Å². The molecule has 0 bridgehead atoms. The molecule has 2 heterocycles. The molecule has 20 heavy (non-hydrogen) atoms. The lowest BCUT2D eigenvalue weighted by Gasteiger charge is -2.14. The number of aromatic amines is 1. The molecule has 0 fully saturated rings. The highest BCUT2D eigenvalue weighted by atomic mass is 35.5. The number of halogens is 1. The van der Waals surface area contributed by atoms with Gasteiger partial charge in [-0.2, -0.15) is 5.10 Å². The molecule has 0 unspecified atom stereocenters. The van der Waals surface area contributed by atoms with Gasteiger partial charge in [0, 0.05) is 16.7 Å². The highest BCUT2D eigenvalue weighted by molar-refractivity contribution is 6.34. The average Bonchev–Trinajstić information content (AvgIpc) is 2.89. The van der Waals surface area contributed by atoms with Gasteiger partial charge in [0.15, 0.2) is 11.5 Å². The maximum Gasteiger partial charge on any atom is 0.175 e. The van der Waals surface area contributed by atoms with Gasteiger partial charge in [0.2, 0.25) is 0 Å². The highest BCUT2D eigenvalue weighted by Crippen LogP contribution is 2.31. The molecule has 0 radical (unpaired) electrons. The molecule has 2 aromatic heterocycles. The van der Waals surface area contributed by atoms with Gasteiger partial charge in [0.25, 0.3) is 0 Å². The van der Waals surface area contributed by atoms with Crippen LogP contribution in [-0.4, -0.2) is 19.8 Å². The molecule has 3 aromatic rings. The minimum atomic E-state index is -0.122. The number of nitrogens with two attached hydrogens (primary N) is 1.